The van der Waals surface area contributed by atoms with Crippen molar-refractivity contribution in [2.24, 2.45) is 16.6 Å². The summed E-state index contributed by atoms with van der Waals surface area (Å²) < 4.78 is 9.52. The fourth-order valence-electron chi connectivity index (χ4n) is 3.93. The minimum atomic E-state index is -1.97. The van der Waals surface area contributed by atoms with Gasteiger partial charge in [-0.25, -0.2) is 9.78 Å². The van der Waals surface area contributed by atoms with Crippen molar-refractivity contribution in [3.63, 3.8) is 0 Å². The fourth-order valence-corrected chi connectivity index (χ4v) is 3.93. The SMILES string of the molecule is COC(=O)NC(CN=C(N)N1CCCC1c1ncc(-c2ccc(OB(O)O)cc2C#N)[nH]1)C(C)C. The van der Waals surface area contributed by atoms with Crippen LogP contribution in [-0.4, -0.2) is 70.5 Å². The molecule has 0 radical (unpaired) electrons. The number of nitriles is 1. The Labute approximate surface area is 203 Å². The molecule has 0 spiro atoms. The van der Waals surface area contributed by atoms with Crippen molar-refractivity contribution < 1.29 is 24.2 Å². The van der Waals surface area contributed by atoms with Crippen LogP contribution in [0.15, 0.2) is 29.4 Å². The Balaban J connectivity index is 1.77. The predicted octanol–water partition coefficient (Wildman–Crippen LogP) is 1.13. The van der Waals surface area contributed by atoms with E-state index in [2.05, 4.69) is 31.1 Å². The molecule has 1 saturated heterocycles. The summed E-state index contributed by atoms with van der Waals surface area (Å²) in [7, 11) is -0.656. The molecule has 0 bridgehead atoms. The molecule has 1 aromatic heterocycles. The lowest BCUT2D eigenvalue weighted by molar-refractivity contribution is 0.163. The number of nitrogens with one attached hydrogen (secondary N) is 2. The number of aromatic nitrogens is 2. The topological polar surface area (TPSA) is 182 Å². The van der Waals surface area contributed by atoms with E-state index in [1.165, 1.54) is 19.2 Å². The number of imidazole rings is 1. The van der Waals surface area contributed by atoms with Crippen LogP contribution in [0.4, 0.5) is 4.79 Å². The largest absolute Gasteiger partial charge is 0.707 e. The van der Waals surface area contributed by atoms with E-state index in [0.29, 0.717) is 41.7 Å². The summed E-state index contributed by atoms with van der Waals surface area (Å²) >= 11 is 0. The van der Waals surface area contributed by atoms with Crippen LogP contribution < -0.4 is 15.7 Å². The molecule has 2 aromatic rings. The second kappa shape index (κ2) is 11.6. The molecule has 0 aliphatic carbocycles. The van der Waals surface area contributed by atoms with Gasteiger partial charge in [0.25, 0.3) is 0 Å². The number of carbonyl (C=O) groups is 1. The van der Waals surface area contributed by atoms with Crippen LogP contribution in [0.3, 0.4) is 0 Å². The number of amides is 1. The van der Waals surface area contributed by atoms with Gasteiger partial charge in [-0.1, -0.05) is 13.8 Å². The molecular weight excluding hydrogens is 453 g/mol. The predicted molar refractivity (Wildman–Crippen MR) is 129 cm³/mol. The van der Waals surface area contributed by atoms with Crippen LogP contribution >= 0.6 is 0 Å². The molecule has 13 heteroatoms. The first-order chi connectivity index (χ1) is 16.7. The minimum Gasteiger partial charge on any atom is -0.512 e. The van der Waals surface area contributed by atoms with Crippen LogP contribution in [0.5, 0.6) is 5.75 Å². The lowest BCUT2D eigenvalue weighted by Crippen LogP contribution is -2.43. The van der Waals surface area contributed by atoms with Crippen LogP contribution in [0, 0.1) is 17.2 Å². The van der Waals surface area contributed by atoms with Gasteiger partial charge in [0.05, 0.1) is 49.3 Å². The molecule has 2 unspecified atom stereocenters. The maximum Gasteiger partial charge on any atom is 0.707 e. The first kappa shape index (κ1) is 25.9. The third kappa shape index (κ3) is 6.43. The van der Waals surface area contributed by atoms with E-state index < -0.39 is 13.4 Å². The van der Waals surface area contributed by atoms with Crippen LogP contribution in [0.2, 0.25) is 0 Å². The number of H-pyrrole nitrogens is 1. The number of aliphatic imine (C=N–C) groups is 1. The Morgan fingerprint density at radius 2 is 2.26 bits per heavy atom. The third-order valence-corrected chi connectivity index (χ3v) is 5.84. The molecule has 6 N–H and O–H groups in total. The van der Waals surface area contributed by atoms with Crippen molar-refractivity contribution in [1.82, 2.24) is 20.2 Å². The van der Waals surface area contributed by atoms with Crippen molar-refractivity contribution in [2.45, 2.75) is 38.8 Å². The van der Waals surface area contributed by atoms with E-state index in [-0.39, 0.29) is 23.8 Å². The average Bonchev–Trinajstić information content (AvgIpc) is 3.50. The van der Waals surface area contributed by atoms with E-state index in [9.17, 15) is 10.1 Å². The van der Waals surface area contributed by atoms with Gasteiger partial charge in [0.15, 0.2) is 5.96 Å². The monoisotopic (exact) mass is 483 g/mol. The van der Waals surface area contributed by atoms with Gasteiger partial charge in [-0.15, -0.1) is 0 Å². The molecule has 1 amide bonds. The van der Waals surface area contributed by atoms with Gasteiger partial charge in [0, 0.05) is 12.1 Å². The van der Waals surface area contributed by atoms with Crippen molar-refractivity contribution in [1.29, 1.82) is 5.26 Å². The molecular formula is C22H30BN7O5. The van der Waals surface area contributed by atoms with Gasteiger partial charge < -0.3 is 40.4 Å². The van der Waals surface area contributed by atoms with Crippen molar-refractivity contribution in [2.75, 3.05) is 20.2 Å². The minimum absolute atomic E-state index is 0.115. The highest BCUT2D eigenvalue weighted by atomic mass is 16.6. The number of hydrogen-bond donors (Lipinski definition) is 5. The summed E-state index contributed by atoms with van der Waals surface area (Å²) in [6, 6.07) is 6.36. The van der Waals surface area contributed by atoms with Crippen molar-refractivity contribution in [3.05, 3.63) is 35.8 Å². The molecule has 1 aliphatic heterocycles. The molecule has 1 fully saturated rings. The highest BCUT2D eigenvalue weighted by molar-refractivity contribution is 6.33. The summed E-state index contributed by atoms with van der Waals surface area (Å²) in [5, 5.41) is 30.3. The molecule has 35 heavy (non-hydrogen) atoms. The molecule has 2 heterocycles. The maximum absolute atomic E-state index is 11.6. The van der Waals surface area contributed by atoms with Gasteiger partial charge in [0.1, 0.15) is 11.6 Å². The van der Waals surface area contributed by atoms with Crippen molar-refractivity contribution >= 4 is 19.4 Å². The number of ether oxygens (including phenoxy) is 1. The highest BCUT2D eigenvalue weighted by Gasteiger charge is 2.30. The van der Waals surface area contributed by atoms with Crippen LogP contribution in [0.1, 0.15) is 44.1 Å². The Bertz CT molecular complexity index is 1100. The van der Waals surface area contributed by atoms with Gasteiger partial charge in [-0.2, -0.15) is 5.26 Å². The molecule has 1 aromatic carbocycles. The zero-order valence-electron chi connectivity index (χ0n) is 19.9. The number of nitrogens with zero attached hydrogens (tertiary/aromatic N) is 4. The average molecular weight is 483 g/mol. The second-order valence-electron chi connectivity index (χ2n) is 8.48. The summed E-state index contributed by atoms with van der Waals surface area (Å²) in [5.41, 5.74) is 7.86. The molecule has 1 aliphatic rings. The van der Waals surface area contributed by atoms with Crippen molar-refractivity contribution in [3.8, 4) is 23.1 Å². The van der Waals surface area contributed by atoms with E-state index in [1.54, 1.807) is 12.3 Å². The lowest BCUT2D eigenvalue weighted by Gasteiger charge is -2.25. The van der Waals surface area contributed by atoms with E-state index in [4.69, 9.17) is 20.4 Å². The Kier molecular flexibility index (Phi) is 8.56. The number of methoxy groups -OCH3 is 1. The first-order valence-electron chi connectivity index (χ1n) is 11.3. The lowest BCUT2D eigenvalue weighted by atomic mass is 10.1. The number of guanidine groups is 1. The molecule has 12 nitrogen and oxygen atoms in total. The van der Waals surface area contributed by atoms with Crippen LogP contribution in [0.25, 0.3) is 11.3 Å². The van der Waals surface area contributed by atoms with E-state index in [0.717, 1.165) is 12.8 Å². The van der Waals surface area contributed by atoms with Gasteiger partial charge >= 0.3 is 13.4 Å². The zero-order chi connectivity index (χ0) is 25.5. The quantitative estimate of drug-likeness (QED) is 0.209. The van der Waals surface area contributed by atoms with E-state index in [1.807, 2.05) is 18.7 Å². The first-order valence-corrected chi connectivity index (χ1v) is 11.3. The van der Waals surface area contributed by atoms with Crippen LogP contribution in [-0.2, 0) is 4.74 Å². The number of aromatic amines is 1. The number of nitrogens with two attached hydrogens (primary N) is 1. The Morgan fingerprint density at radius 1 is 1.49 bits per heavy atom. The summed E-state index contributed by atoms with van der Waals surface area (Å²) in [5.74, 6) is 1.36. The summed E-state index contributed by atoms with van der Waals surface area (Å²) in [4.78, 5) is 25.9. The number of carbonyl (C=O) groups excluding carboxylic acids is 1. The third-order valence-electron chi connectivity index (χ3n) is 5.84. The number of rotatable bonds is 8. The second-order valence-corrected chi connectivity index (χ2v) is 8.48. The van der Waals surface area contributed by atoms with Gasteiger partial charge in [-0.3, -0.25) is 4.99 Å². The zero-order valence-corrected chi connectivity index (χ0v) is 19.9. The summed E-state index contributed by atoms with van der Waals surface area (Å²) in [6.07, 6.45) is 2.86. The van der Waals surface area contributed by atoms with Gasteiger partial charge in [-0.05, 0) is 37.0 Å². The fraction of sp³-hybridized carbons (Fsp3) is 0.455. The smallest absolute Gasteiger partial charge is 0.512 e. The maximum atomic E-state index is 11.6. The molecule has 3 rings (SSSR count). The molecule has 2 atom stereocenters. The molecule has 186 valence electrons. The van der Waals surface area contributed by atoms with Gasteiger partial charge in [0.2, 0.25) is 0 Å². The van der Waals surface area contributed by atoms with E-state index >= 15 is 0 Å². The standard InChI is InChI=1S/C22H30BN7O5/c1-13(2)17(29-22(31)34-3)11-27-21(25)30-8-4-5-19(30)20-26-12-18(28-20)16-7-6-15(35-23(32)33)9-14(16)10-24/h6-7,9,12-13,17,19,32-33H,4-5,8,11H2,1-3H3,(H2,25,27)(H,26,28)(H,29,31). The Morgan fingerprint density at radius 3 is 2.91 bits per heavy atom. The Hall–Kier alpha value is -3.76. The normalized spacial score (nSPS) is 16.7. The number of hydrogen-bond acceptors (Lipinski definition) is 8. The molecule has 0 saturated carbocycles. The highest BCUT2D eigenvalue weighted by Crippen LogP contribution is 2.32. The number of likely N-dealkylation sites (tertiary alicyclic amines) is 1. The number of alkyl carbamates (subject to hydrolysis) is 1. The summed E-state index contributed by atoms with van der Waals surface area (Å²) in [6.45, 7) is 4.99. The number of benzene rings is 1.